The Morgan fingerprint density at radius 1 is 1.19 bits per heavy atom. The monoisotopic (exact) mass is 284 g/mol. The molecule has 1 aliphatic heterocycles. The number of fused-ring (bicyclic) bond motifs is 1. The molecule has 0 amide bonds. The summed E-state index contributed by atoms with van der Waals surface area (Å²) in [5.41, 5.74) is 2.63. The molecule has 0 aliphatic carbocycles. The van der Waals surface area contributed by atoms with E-state index in [0.717, 1.165) is 29.0 Å². The van der Waals surface area contributed by atoms with Crippen LogP contribution in [-0.2, 0) is 11.2 Å². The fraction of sp³-hybridized carbons (Fsp3) is 0.235. The van der Waals surface area contributed by atoms with Crippen LogP contribution in [0.15, 0.2) is 42.5 Å². The summed E-state index contributed by atoms with van der Waals surface area (Å²) in [5.74, 6) is 1.29. The van der Waals surface area contributed by atoms with Gasteiger partial charge >= 0.3 is 5.97 Å². The molecular weight excluding hydrogens is 268 g/mol. The van der Waals surface area contributed by atoms with Crippen LogP contribution in [0.5, 0.6) is 11.5 Å². The van der Waals surface area contributed by atoms with Crippen LogP contribution >= 0.6 is 0 Å². The number of methoxy groups -OCH3 is 2. The Labute approximate surface area is 123 Å². The Morgan fingerprint density at radius 2 is 2.05 bits per heavy atom. The number of rotatable bonds is 3. The molecule has 1 aliphatic rings. The second-order valence-electron chi connectivity index (χ2n) is 4.90. The molecule has 1 unspecified atom stereocenters. The maximum absolute atomic E-state index is 11.6. The normalized spacial score (nSPS) is 16.0. The third-order valence-corrected chi connectivity index (χ3v) is 3.62. The van der Waals surface area contributed by atoms with E-state index >= 15 is 0 Å². The Morgan fingerprint density at radius 3 is 2.81 bits per heavy atom. The zero-order valence-electron chi connectivity index (χ0n) is 12.0. The van der Waals surface area contributed by atoms with Crippen molar-refractivity contribution in [3.8, 4) is 11.5 Å². The van der Waals surface area contributed by atoms with Gasteiger partial charge in [0.1, 0.15) is 17.6 Å². The summed E-state index contributed by atoms with van der Waals surface area (Å²) in [5, 5.41) is 0. The number of carbonyl (C=O) groups is 1. The molecule has 0 saturated heterocycles. The van der Waals surface area contributed by atoms with Crippen LogP contribution in [0.4, 0.5) is 0 Å². The molecule has 0 saturated carbocycles. The van der Waals surface area contributed by atoms with Crippen molar-refractivity contribution in [2.45, 2.75) is 12.5 Å². The van der Waals surface area contributed by atoms with Crippen LogP contribution in [0.1, 0.15) is 27.6 Å². The molecule has 0 bridgehead atoms. The van der Waals surface area contributed by atoms with Crippen molar-refractivity contribution < 1.29 is 19.0 Å². The molecule has 0 spiro atoms. The Balaban J connectivity index is 1.85. The molecule has 21 heavy (non-hydrogen) atoms. The summed E-state index contributed by atoms with van der Waals surface area (Å²) >= 11 is 0. The Hall–Kier alpha value is -2.49. The highest BCUT2D eigenvalue weighted by molar-refractivity contribution is 5.89. The molecule has 4 heteroatoms. The maximum Gasteiger partial charge on any atom is 0.337 e. The zero-order chi connectivity index (χ0) is 14.8. The molecule has 0 N–H and O–H groups in total. The van der Waals surface area contributed by atoms with Crippen molar-refractivity contribution in [3.63, 3.8) is 0 Å². The highest BCUT2D eigenvalue weighted by Crippen LogP contribution is 2.37. The zero-order valence-corrected chi connectivity index (χ0v) is 12.0. The van der Waals surface area contributed by atoms with Gasteiger partial charge in [-0.3, -0.25) is 0 Å². The van der Waals surface area contributed by atoms with Gasteiger partial charge in [-0.25, -0.2) is 4.79 Å². The van der Waals surface area contributed by atoms with E-state index in [1.165, 1.54) is 7.11 Å². The minimum absolute atomic E-state index is 0.0528. The van der Waals surface area contributed by atoms with Crippen LogP contribution < -0.4 is 9.47 Å². The van der Waals surface area contributed by atoms with E-state index in [-0.39, 0.29) is 12.1 Å². The van der Waals surface area contributed by atoms with Crippen LogP contribution in [0.2, 0.25) is 0 Å². The molecule has 1 heterocycles. The molecule has 1 atom stereocenters. The molecule has 4 nitrogen and oxygen atoms in total. The van der Waals surface area contributed by atoms with Gasteiger partial charge in [0.2, 0.25) is 0 Å². The lowest BCUT2D eigenvalue weighted by atomic mass is 10.0. The Kier molecular flexibility index (Phi) is 3.52. The van der Waals surface area contributed by atoms with Gasteiger partial charge in [0, 0.05) is 6.42 Å². The summed E-state index contributed by atoms with van der Waals surface area (Å²) in [4.78, 5) is 11.6. The minimum Gasteiger partial charge on any atom is -0.497 e. The van der Waals surface area contributed by atoms with Crippen molar-refractivity contribution >= 4 is 5.97 Å². The average molecular weight is 284 g/mol. The van der Waals surface area contributed by atoms with E-state index in [1.54, 1.807) is 13.2 Å². The molecule has 2 aromatic rings. The first-order chi connectivity index (χ1) is 10.2. The van der Waals surface area contributed by atoms with E-state index in [0.29, 0.717) is 5.56 Å². The summed E-state index contributed by atoms with van der Waals surface area (Å²) in [6.07, 6.45) is 0.677. The number of carbonyl (C=O) groups excluding carboxylic acids is 1. The average Bonchev–Trinajstić information content (AvgIpc) is 2.97. The molecule has 3 rings (SSSR count). The lowest BCUT2D eigenvalue weighted by Gasteiger charge is -2.12. The van der Waals surface area contributed by atoms with Crippen molar-refractivity contribution in [1.29, 1.82) is 0 Å². The largest absolute Gasteiger partial charge is 0.497 e. The van der Waals surface area contributed by atoms with Crippen molar-refractivity contribution in [2.75, 3.05) is 14.2 Å². The Bertz CT molecular complexity index is 678. The van der Waals surface area contributed by atoms with Gasteiger partial charge in [0.15, 0.2) is 0 Å². The molecule has 0 radical (unpaired) electrons. The first kappa shape index (κ1) is 13.5. The number of benzene rings is 2. The predicted octanol–water partition coefficient (Wildman–Crippen LogP) is 3.16. The second kappa shape index (κ2) is 5.48. The van der Waals surface area contributed by atoms with E-state index in [4.69, 9.17) is 14.2 Å². The smallest absolute Gasteiger partial charge is 0.337 e. The van der Waals surface area contributed by atoms with Gasteiger partial charge in [0.05, 0.1) is 19.8 Å². The van der Waals surface area contributed by atoms with Gasteiger partial charge in [-0.1, -0.05) is 12.1 Å². The lowest BCUT2D eigenvalue weighted by Crippen LogP contribution is -2.03. The fourth-order valence-corrected chi connectivity index (χ4v) is 2.52. The van der Waals surface area contributed by atoms with Gasteiger partial charge in [-0.05, 0) is 41.5 Å². The molecule has 0 aromatic heterocycles. The standard InChI is InChI=1S/C17H16O4/c1-19-14-5-3-4-11(9-14)16-10-13-8-12(17(18)20-2)6-7-15(13)21-16/h3-9,16H,10H2,1-2H3. The summed E-state index contributed by atoms with van der Waals surface area (Å²) in [6.45, 7) is 0. The SMILES string of the molecule is COC(=O)c1ccc2c(c1)CC(c1cccc(OC)c1)O2. The van der Waals surface area contributed by atoms with Crippen molar-refractivity contribution in [2.24, 2.45) is 0 Å². The van der Waals surface area contributed by atoms with E-state index in [1.807, 2.05) is 36.4 Å². The van der Waals surface area contributed by atoms with Crippen LogP contribution in [-0.4, -0.2) is 20.2 Å². The van der Waals surface area contributed by atoms with Crippen LogP contribution in [0, 0.1) is 0 Å². The van der Waals surface area contributed by atoms with Crippen LogP contribution in [0.3, 0.4) is 0 Å². The quantitative estimate of drug-likeness (QED) is 0.812. The lowest BCUT2D eigenvalue weighted by molar-refractivity contribution is 0.0600. The molecule has 2 aromatic carbocycles. The van der Waals surface area contributed by atoms with Gasteiger partial charge in [-0.2, -0.15) is 0 Å². The maximum atomic E-state index is 11.6. The summed E-state index contributed by atoms with van der Waals surface area (Å²) in [6, 6.07) is 13.2. The van der Waals surface area contributed by atoms with Gasteiger partial charge < -0.3 is 14.2 Å². The second-order valence-corrected chi connectivity index (χ2v) is 4.90. The highest BCUT2D eigenvalue weighted by atomic mass is 16.5. The third-order valence-electron chi connectivity index (χ3n) is 3.62. The highest BCUT2D eigenvalue weighted by Gasteiger charge is 2.25. The van der Waals surface area contributed by atoms with Gasteiger partial charge in [0.25, 0.3) is 0 Å². The predicted molar refractivity (Wildman–Crippen MR) is 77.8 cm³/mol. The van der Waals surface area contributed by atoms with E-state index in [2.05, 4.69) is 0 Å². The molecular formula is C17H16O4. The van der Waals surface area contributed by atoms with Crippen molar-refractivity contribution in [3.05, 3.63) is 59.2 Å². The first-order valence-electron chi connectivity index (χ1n) is 6.73. The van der Waals surface area contributed by atoms with Gasteiger partial charge in [-0.15, -0.1) is 0 Å². The molecule has 108 valence electrons. The number of hydrogen-bond donors (Lipinski definition) is 0. The fourth-order valence-electron chi connectivity index (χ4n) is 2.52. The minimum atomic E-state index is -0.331. The summed E-state index contributed by atoms with van der Waals surface area (Å²) < 4.78 is 15.9. The van der Waals surface area contributed by atoms with E-state index in [9.17, 15) is 4.79 Å². The number of esters is 1. The summed E-state index contributed by atoms with van der Waals surface area (Å²) in [7, 11) is 3.02. The van der Waals surface area contributed by atoms with Crippen LogP contribution in [0.25, 0.3) is 0 Å². The first-order valence-corrected chi connectivity index (χ1v) is 6.73. The molecule has 0 fully saturated rings. The number of ether oxygens (including phenoxy) is 3. The van der Waals surface area contributed by atoms with Crippen molar-refractivity contribution in [1.82, 2.24) is 0 Å². The van der Waals surface area contributed by atoms with E-state index < -0.39 is 0 Å². The topological polar surface area (TPSA) is 44.8 Å². The number of hydrogen-bond acceptors (Lipinski definition) is 4. The third kappa shape index (κ3) is 2.57.